The SMILES string of the molecule is CC(C)CC[C@@H](CCN)c1ccc2c(c1)OCO2. The molecule has 0 amide bonds. The highest BCUT2D eigenvalue weighted by molar-refractivity contribution is 5.45. The number of benzene rings is 1. The van der Waals surface area contributed by atoms with Crippen LogP contribution in [0.4, 0.5) is 0 Å². The second-order valence-corrected chi connectivity index (χ2v) is 5.36. The molecule has 100 valence electrons. The van der Waals surface area contributed by atoms with E-state index in [1.54, 1.807) is 0 Å². The predicted molar refractivity (Wildman–Crippen MR) is 73.0 cm³/mol. The number of hydrogen-bond donors (Lipinski definition) is 1. The van der Waals surface area contributed by atoms with Crippen LogP contribution in [0.2, 0.25) is 0 Å². The van der Waals surface area contributed by atoms with Gasteiger partial charge in [0.15, 0.2) is 11.5 Å². The lowest BCUT2D eigenvalue weighted by Gasteiger charge is -2.18. The zero-order chi connectivity index (χ0) is 13.0. The molecular weight excluding hydrogens is 226 g/mol. The summed E-state index contributed by atoms with van der Waals surface area (Å²) in [6.45, 7) is 5.60. The maximum absolute atomic E-state index is 5.73. The molecule has 18 heavy (non-hydrogen) atoms. The first-order valence-electron chi connectivity index (χ1n) is 6.80. The largest absolute Gasteiger partial charge is 0.454 e. The summed E-state index contributed by atoms with van der Waals surface area (Å²) < 4.78 is 10.8. The first-order valence-corrected chi connectivity index (χ1v) is 6.80. The minimum atomic E-state index is 0.340. The van der Waals surface area contributed by atoms with Gasteiger partial charge < -0.3 is 15.2 Å². The molecule has 3 nitrogen and oxygen atoms in total. The highest BCUT2D eigenvalue weighted by Gasteiger charge is 2.17. The van der Waals surface area contributed by atoms with E-state index in [-0.39, 0.29) is 0 Å². The molecule has 0 radical (unpaired) electrons. The normalized spacial score (nSPS) is 15.1. The molecule has 3 heteroatoms. The molecule has 0 fully saturated rings. The summed E-state index contributed by atoms with van der Waals surface area (Å²) in [5, 5.41) is 0. The van der Waals surface area contributed by atoms with E-state index in [1.807, 2.05) is 6.07 Å². The predicted octanol–water partition coefficient (Wildman–Crippen LogP) is 3.28. The van der Waals surface area contributed by atoms with E-state index in [2.05, 4.69) is 26.0 Å². The summed E-state index contributed by atoms with van der Waals surface area (Å²) in [7, 11) is 0. The van der Waals surface area contributed by atoms with Crippen molar-refractivity contribution in [1.29, 1.82) is 0 Å². The van der Waals surface area contributed by atoms with Gasteiger partial charge in [0.2, 0.25) is 6.79 Å². The van der Waals surface area contributed by atoms with E-state index in [4.69, 9.17) is 15.2 Å². The van der Waals surface area contributed by atoms with E-state index >= 15 is 0 Å². The van der Waals surface area contributed by atoms with E-state index in [9.17, 15) is 0 Å². The van der Waals surface area contributed by atoms with E-state index in [1.165, 1.54) is 18.4 Å². The number of hydrogen-bond acceptors (Lipinski definition) is 3. The van der Waals surface area contributed by atoms with Gasteiger partial charge in [-0.05, 0) is 48.9 Å². The Labute approximate surface area is 109 Å². The van der Waals surface area contributed by atoms with Crippen molar-refractivity contribution in [1.82, 2.24) is 0 Å². The molecule has 1 aliphatic rings. The van der Waals surface area contributed by atoms with Crippen LogP contribution in [0.5, 0.6) is 11.5 Å². The number of nitrogens with two attached hydrogens (primary N) is 1. The molecule has 1 heterocycles. The van der Waals surface area contributed by atoms with Gasteiger partial charge in [-0.1, -0.05) is 26.3 Å². The molecule has 0 aliphatic carbocycles. The molecule has 0 unspecified atom stereocenters. The fraction of sp³-hybridized carbons (Fsp3) is 0.600. The zero-order valence-electron chi connectivity index (χ0n) is 11.3. The smallest absolute Gasteiger partial charge is 0.231 e. The van der Waals surface area contributed by atoms with Crippen molar-refractivity contribution in [3.05, 3.63) is 23.8 Å². The third-order valence-corrected chi connectivity index (χ3v) is 3.48. The van der Waals surface area contributed by atoms with Gasteiger partial charge in [-0.2, -0.15) is 0 Å². The third-order valence-electron chi connectivity index (χ3n) is 3.48. The minimum absolute atomic E-state index is 0.340. The summed E-state index contributed by atoms with van der Waals surface area (Å²) in [6, 6.07) is 6.27. The molecule has 0 saturated carbocycles. The van der Waals surface area contributed by atoms with Crippen molar-refractivity contribution in [3.8, 4) is 11.5 Å². The van der Waals surface area contributed by atoms with Crippen LogP contribution in [-0.4, -0.2) is 13.3 Å². The first kappa shape index (κ1) is 13.2. The van der Waals surface area contributed by atoms with Gasteiger partial charge >= 0.3 is 0 Å². The van der Waals surface area contributed by atoms with Crippen molar-refractivity contribution in [2.24, 2.45) is 11.7 Å². The highest BCUT2D eigenvalue weighted by Crippen LogP contribution is 2.36. The molecular formula is C15H23NO2. The van der Waals surface area contributed by atoms with Crippen molar-refractivity contribution in [3.63, 3.8) is 0 Å². The van der Waals surface area contributed by atoms with Crippen LogP contribution in [0.1, 0.15) is 44.6 Å². The van der Waals surface area contributed by atoms with E-state index < -0.39 is 0 Å². The van der Waals surface area contributed by atoms with Gasteiger partial charge in [-0.3, -0.25) is 0 Å². The standard InChI is InChI=1S/C15H23NO2/c1-11(2)3-4-12(7-8-16)13-5-6-14-15(9-13)18-10-17-14/h5-6,9,11-12H,3-4,7-8,10,16H2,1-2H3/t12-/m0/s1. The Kier molecular flexibility index (Phi) is 4.48. The monoisotopic (exact) mass is 249 g/mol. The summed E-state index contributed by atoms with van der Waals surface area (Å²) in [5.74, 6) is 3.00. The lowest BCUT2D eigenvalue weighted by Crippen LogP contribution is -2.08. The molecule has 2 rings (SSSR count). The Morgan fingerprint density at radius 3 is 2.61 bits per heavy atom. The molecule has 1 aromatic rings. The van der Waals surface area contributed by atoms with Crippen LogP contribution in [0.15, 0.2) is 18.2 Å². The molecule has 1 aliphatic heterocycles. The lowest BCUT2D eigenvalue weighted by molar-refractivity contribution is 0.174. The average Bonchev–Trinajstić information content (AvgIpc) is 2.81. The van der Waals surface area contributed by atoms with Crippen LogP contribution in [0, 0.1) is 5.92 Å². The molecule has 1 atom stereocenters. The zero-order valence-corrected chi connectivity index (χ0v) is 11.3. The average molecular weight is 249 g/mol. The van der Waals surface area contributed by atoms with Crippen molar-refractivity contribution in [2.75, 3.05) is 13.3 Å². The van der Waals surface area contributed by atoms with Gasteiger partial charge in [0.1, 0.15) is 0 Å². The summed E-state index contributed by atoms with van der Waals surface area (Å²) in [4.78, 5) is 0. The van der Waals surface area contributed by atoms with Crippen LogP contribution in [0.25, 0.3) is 0 Å². The first-order chi connectivity index (χ1) is 8.70. The molecule has 2 N–H and O–H groups in total. The fourth-order valence-electron chi connectivity index (χ4n) is 2.38. The number of ether oxygens (including phenoxy) is 2. The van der Waals surface area contributed by atoms with Crippen LogP contribution in [0.3, 0.4) is 0 Å². The molecule has 0 spiro atoms. The number of fused-ring (bicyclic) bond motifs is 1. The minimum Gasteiger partial charge on any atom is -0.454 e. The molecule has 1 aromatic carbocycles. The Bertz CT molecular complexity index is 390. The van der Waals surface area contributed by atoms with Gasteiger partial charge in [-0.25, -0.2) is 0 Å². The summed E-state index contributed by atoms with van der Waals surface area (Å²) in [5.41, 5.74) is 7.05. The van der Waals surface area contributed by atoms with E-state index in [0.29, 0.717) is 12.7 Å². The number of rotatable bonds is 6. The summed E-state index contributed by atoms with van der Waals surface area (Å²) in [6.07, 6.45) is 3.46. The van der Waals surface area contributed by atoms with Crippen molar-refractivity contribution < 1.29 is 9.47 Å². The van der Waals surface area contributed by atoms with Crippen LogP contribution in [-0.2, 0) is 0 Å². The van der Waals surface area contributed by atoms with Gasteiger partial charge in [-0.15, -0.1) is 0 Å². The van der Waals surface area contributed by atoms with Crippen LogP contribution >= 0.6 is 0 Å². The van der Waals surface area contributed by atoms with Gasteiger partial charge in [0.05, 0.1) is 0 Å². The van der Waals surface area contributed by atoms with Crippen molar-refractivity contribution >= 4 is 0 Å². The molecule has 0 bridgehead atoms. The van der Waals surface area contributed by atoms with Gasteiger partial charge in [0, 0.05) is 0 Å². The summed E-state index contributed by atoms with van der Waals surface area (Å²) >= 11 is 0. The Hall–Kier alpha value is -1.22. The Morgan fingerprint density at radius 1 is 1.11 bits per heavy atom. The quantitative estimate of drug-likeness (QED) is 0.841. The lowest BCUT2D eigenvalue weighted by atomic mass is 9.88. The fourth-order valence-corrected chi connectivity index (χ4v) is 2.38. The highest BCUT2D eigenvalue weighted by atomic mass is 16.7. The maximum Gasteiger partial charge on any atom is 0.231 e. The van der Waals surface area contributed by atoms with Crippen molar-refractivity contribution in [2.45, 2.75) is 39.0 Å². The third kappa shape index (κ3) is 3.16. The molecule has 0 saturated heterocycles. The Balaban J connectivity index is 2.09. The maximum atomic E-state index is 5.73. The Morgan fingerprint density at radius 2 is 1.89 bits per heavy atom. The topological polar surface area (TPSA) is 44.5 Å². The second-order valence-electron chi connectivity index (χ2n) is 5.36. The van der Waals surface area contributed by atoms with Crippen LogP contribution < -0.4 is 15.2 Å². The second kappa shape index (κ2) is 6.10. The van der Waals surface area contributed by atoms with E-state index in [0.717, 1.165) is 30.4 Å². The van der Waals surface area contributed by atoms with Gasteiger partial charge in [0.25, 0.3) is 0 Å². The molecule has 0 aromatic heterocycles.